The monoisotopic (exact) mass is 330 g/mol. The van der Waals surface area contributed by atoms with E-state index in [-0.39, 0.29) is 11.6 Å². The van der Waals surface area contributed by atoms with Gasteiger partial charge in [0, 0.05) is 20.2 Å². The summed E-state index contributed by atoms with van der Waals surface area (Å²) in [6, 6.07) is 0. The van der Waals surface area contributed by atoms with E-state index in [2.05, 4.69) is 11.8 Å². The Hall–Kier alpha value is -0.920. The Labute approximate surface area is 133 Å². The van der Waals surface area contributed by atoms with Crippen LogP contribution in [0.25, 0.3) is 0 Å². The molecule has 1 fully saturated rings. The molecule has 0 aromatic carbocycles. The highest BCUT2D eigenvalue weighted by atomic mass is 32.2. The second kappa shape index (κ2) is 6.46. The smallest absolute Gasteiger partial charge is 0.350 e. The molecular weight excluding hydrogens is 308 g/mol. The summed E-state index contributed by atoms with van der Waals surface area (Å²) in [6.07, 6.45) is 4.07. The van der Waals surface area contributed by atoms with E-state index in [1.165, 1.54) is 18.4 Å². The van der Waals surface area contributed by atoms with E-state index in [1.54, 1.807) is 18.9 Å². The molecule has 1 aliphatic rings. The van der Waals surface area contributed by atoms with Crippen molar-refractivity contribution in [2.24, 2.45) is 0 Å². The van der Waals surface area contributed by atoms with Crippen molar-refractivity contribution in [2.45, 2.75) is 30.3 Å². The van der Waals surface area contributed by atoms with E-state index in [0.29, 0.717) is 10.6 Å². The highest BCUT2D eigenvalue weighted by molar-refractivity contribution is 7.99. The molecule has 1 unspecified atom stereocenters. The summed E-state index contributed by atoms with van der Waals surface area (Å²) in [7, 11) is 3.13. The number of anilines is 2. The maximum Gasteiger partial charge on any atom is 0.350 e. The van der Waals surface area contributed by atoms with Crippen LogP contribution in [0.2, 0.25) is 0 Å². The van der Waals surface area contributed by atoms with E-state index >= 15 is 0 Å². The van der Waals surface area contributed by atoms with Crippen molar-refractivity contribution < 1.29 is 14.3 Å². The number of carbonyl (C=O) groups excluding carboxylic acids is 1. The fourth-order valence-electron chi connectivity index (χ4n) is 2.61. The fraction of sp³-hybridized carbons (Fsp3) is 0.643. The number of rotatable bonds is 4. The first-order valence-electron chi connectivity index (χ1n) is 6.80. The van der Waals surface area contributed by atoms with Gasteiger partial charge in [0.25, 0.3) is 0 Å². The zero-order valence-corrected chi connectivity index (χ0v) is 14.5. The molecule has 1 aliphatic heterocycles. The number of methoxy groups -OCH3 is 2. The highest BCUT2D eigenvalue weighted by Gasteiger charge is 2.34. The molecule has 118 valence electrons. The topological polar surface area (TPSA) is 64.8 Å². The summed E-state index contributed by atoms with van der Waals surface area (Å²) in [5.74, 6) is -0.370. The molecule has 2 heterocycles. The van der Waals surface area contributed by atoms with Crippen molar-refractivity contribution >= 4 is 39.8 Å². The van der Waals surface area contributed by atoms with Crippen LogP contribution in [0.1, 0.15) is 29.4 Å². The number of nitrogens with two attached hydrogens (primary N) is 1. The van der Waals surface area contributed by atoms with Gasteiger partial charge < -0.3 is 20.1 Å². The Bertz CT molecular complexity index is 533. The van der Waals surface area contributed by atoms with Crippen molar-refractivity contribution in [3.63, 3.8) is 0 Å². The van der Waals surface area contributed by atoms with Crippen molar-refractivity contribution in [2.75, 3.05) is 44.2 Å². The van der Waals surface area contributed by atoms with Crippen molar-refractivity contribution in [3.05, 3.63) is 4.88 Å². The summed E-state index contributed by atoms with van der Waals surface area (Å²) >= 11 is 2.98. The van der Waals surface area contributed by atoms with Crippen LogP contribution in [0, 0.1) is 0 Å². The van der Waals surface area contributed by atoms with Crippen molar-refractivity contribution in [1.82, 2.24) is 0 Å². The summed E-state index contributed by atoms with van der Waals surface area (Å²) in [6.45, 7) is 3.88. The van der Waals surface area contributed by atoms with Gasteiger partial charge in [-0.3, -0.25) is 0 Å². The minimum atomic E-state index is -0.370. The third kappa shape index (κ3) is 3.14. The molecule has 1 saturated heterocycles. The highest BCUT2D eigenvalue weighted by Crippen LogP contribution is 2.45. The zero-order valence-electron chi connectivity index (χ0n) is 12.9. The average molecular weight is 330 g/mol. The third-order valence-corrected chi connectivity index (χ3v) is 6.09. The van der Waals surface area contributed by atoms with Crippen LogP contribution >= 0.6 is 23.1 Å². The maximum atomic E-state index is 11.8. The normalized spacial score (nSPS) is 22.4. The standard InChI is InChI=1S/C14H22N2O3S2/c1-14(19-3)6-5-7-16(8-14)12-10(20-4)9(15)11(21-12)13(17)18-2/h5-8,15H2,1-4H3. The summed E-state index contributed by atoms with van der Waals surface area (Å²) in [4.78, 5) is 15.6. The first-order chi connectivity index (χ1) is 9.95. The lowest BCUT2D eigenvalue weighted by molar-refractivity contribution is -0.00460. The van der Waals surface area contributed by atoms with Crippen LogP contribution in [0.15, 0.2) is 4.90 Å². The quantitative estimate of drug-likeness (QED) is 0.676. The van der Waals surface area contributed by atoms with Crippen molar-refractivity contribution in [3.8, 4) is 0 Å². The lowest BCUT2D eigenvalue weighted by Crippen LogP contribution is -2.47. The van der Waals surface area contributed by atoms with Gasteiger partial charge in [-0.25, -0.2) is 4.79 Å². The lowest BCUT2D eigenvalue weighted by Gasteiger charge is -2.40. The number of nitrogen functional groups attached to an aromatic ring is 1. The first kappa shape index (κ1) is 16.5. The molecule has 0 radical (unpaired) electrons. The minimum absolute atomic E-state index is 0.155. The predicted octanol–water partition coefficient (Wildman–Crippen LogP) is 2.84. The Kier molecular flexibility index (Phi) is 5.06. The molecule has 1 atom stereocenters. The van der Waals surface area contributed by atoms with E-state index in [0.717, 1.165) is 35.8 Å². The van der Waals surface area contributed by atoms with Gasteiger partial charge in [-0.05, 0) is 26.0 Å². The van der Waals surface area contributed by atoms with E-state index in [4.69, 9.17) is 15.2 Å². The van der Waals surface area contributed by atoms with Gasteiger partial charge in [-0.1, -0.05) is 0 Å². The molecule has 2 rings (SSSR count). The molecule has 7 heteroatoms. The van der Waals surface area contributed by atoms with Gasteiger partial charge in [0.15, 0.2) is 0 Å². The van der Waals surface area contributed by atoms with Gasteiger partial charge in [0.05, 0.1) is 23.3 Å². The molecule has 0 aliphatic carbocycles. The number of carbonyl (C=O) groups is 1. The fourth-order valence-corrected chi connectivity index (χ4v) is 4.74. The van der Waals surface area contributed by atoms with Gasteiger partial charge in [0.1, 0.15) is 9.88 Å². The molecule has 0 spiro atoms. The van der Waals surface area contributed by atoms with Crippen LogP contribution in [0.5, 0.6) is 0 Å². The maximum absolute atomic E-state index is 11.8. The Balaban J connectivity index is 2.37. The molecule has 0 amide bonds. The lowest BCUT2D eigenvalue weighted by atomic mass is 9.95. The molecule has 0 saturated carbocycles. The zero-order chi connectivity index (χ0) is 15.6. The number of nitrogens with zero attached hydrogens (tertiary/aromatic N) is 1. The molecule has 5 nitrogen and oxygen atoms in total. The number of thioether (sulfide) groups is 1. The number of esters is 1. The minimum Gasteiger partial charge on any atom is -0.465 e. The third-order valence-electron chi connectivity index (χ3n) is 3.90. The molecule has 21 heavy (non-hydrogen) atoms. The Morgan fingerprint density at radius 3 is 2.76 bits per heavy atom. The van der Waals surface area contributed by atoms with Gasteiger partial charge >= 0.3 is 5.97 Å². The van der Waals surface area contributed by atoms with Crippen LogP contribution in [0.3, 0.4) is 0 Å². The Morgan fingerprint density at radius 1 is 1.48 bits per heavy atom. The summed E-state index contributed by atoms with van der Waals surface area (Å²) in [5.41, 5.74) is 6.50. The van der Waals surface area contributed by atoms with Crippen LogP contribution < -0.4 is 10.6 Å². The predicted molar refractivity (Wildman–Crippen MR) is 88.7 cm³/mol. The van der Waals surface area contributed by atoms with Gasteiger partial charge in [-0.2, -0.15) is 0 Å². The number of ether oxygens (including phenoxy) is 2. The number of thiophene rings is 1. The average Bonchev–Trinajstić information content (AvgIpc) is 2.83. The number of hydrogen-bond acceptors (Lipinski definition) is 7. The van der Waals surface area contributed by atoms with E-state index in [1.807, 2.05) is 6.26 Å². The van der Waals surface area contributed by atoms with Crippen molar-refractivity contribution in [1.29, 1.82) is 0 Å². The first-order valence-corrected chi connectivity index (χ1v) is 8.84. The molecule has 2 N–H and O–H groups in total. The summed E-state index contributed by atoms with van der Waals surface area (Å²) in [5, 5.41) is 1.04. The largest absolute Gasteiger partial charge is 0.465 e. The molecule has 1 aromatic heterocycles. The summed E-state index contributed by atoms with van der Waals surface area (Å²) < 4.78 is 10.5. The molecule has 0 bridgehead atoms. The SMILES string of the molecule is COC(=O)c1sc(N2CCCC(C)(OC)C2)c(SC)c1N. The molecular formula is C14H22N2O3S2. The number of piperidine rings is 1. The number of hydrogen-bond donors (Lipinski definition) is 1. The Morgan fingerprint density at radius 2 is 2.19 bits per heavy atom. The van der Waals surface area contributed by atoms with E-state index in [9.17, 15) is 4.79 Å². The van der Waals surface area contributed by atoms with Crippen LogP contribution in [0.4, 0.5) is 10.7 Å². The van der Waals surface area contributed by atoms with E-state index < -0.39 is 0 Å². The van der Waals surface area contributed by atoms with Gasteiger partial charge in [0.2, 0.25) is 0 Å². The van der Waals surface area contributed by atoms with Gasteiger partial charge in [-0.15, -0.1) is 23.1 Å². The molecule has 1 aromatic rings. The second-order valence-corrected chi connectivity index (χ2v) is 7.17. The second-order valence-electron chi connectivity index (χ2n) is 5.35. The van der Waals surface area contributed by atoms with Crippen LogP contribution in [-0.4, -0.2) is 45.1 Å². The van der Waals surface area contributed by atoms with Crippen LogP contribution in [-0.2, 0) is 9.47 Å².